The van der Waals surface area contributed by atoms with Crippen molar-refractivity contribution in [2.75, 3.05) is 7.11 Å². The number of hydrogen-bond acceptors (Lipinski definition) is 6. The zero-order valence-electron chi connectivity index (χ0n) is 10.9. The van der Waals surface area contributed by atoms with Gasteiger partial charge in [-0.3, -0.25) is 0 Å². The summed E-state index contributed by atoms with van der Waals surface area (Å²) in [5.74, 6) is 0.306. The largest absolute Gasteiger partial charge is 0.377 e. The van der Waals surface area contributed by atoms with Crippen LogP contribution >= 0.6 is 11.6 Å². The van der Waals surface area contributed by atoms with Crippen molar-refractivity contribution >= 4 is 21.4 Å². The molecule has 0 radical (unpaired) electrons. The fourth-order valence-corrected chi connectivity index (χ4v) is 3.43. The minimum absolute atomic E-state index is 0.0111. The Kier molecular flexibility index (Phi) is 4.42. The number of ether oxygens (including phenoxy) is 1. The molecule has 0 N–H and O–H groups in total. The first-order valence-electron chi connectivity index (χ1n) is 5.76. The summed E-state index contributed by atoms with van der Waals surface area (Å²) in [5, 5.41) is 2.83. The van der Waals surface area contributed by atoms with Crippen molar-refractivity contribution in [2.24, 2.45) is 0 Å². The highest BCUT2D eigenvalue weighted by molar-refractivity contribution is 7.91. The van der Waals surface area contributed by atoms with Crippen molar-refractivity contribution in [2.45, 2.75) is 23.7 Å². The first kappa shape index (κ1) is 15.0. The number of rotatable bonds is 5. The lowest BCUT2D eigenvalue weighted by Gasteiger charge is -2.10. The lowest BCUT2D eigenvalue weighted by atomic mass is 10.4. The van der Waals surface area contributed by atoms with Crippen LogP contribution in [0.25, 0.3) is 0 Å². The molecule has 0 spiro atoms. The van der Waals surface area contributed by atoms with Crippen LogP contribution in [0.15, 0.2) is 33.7 Å². The topological polar surface area (TPSA) is 82.3 Å². The number of halogens is 1. The van der Waals surface area contributed by atoms with Crippen LogP contribution in [0.5, 0.6) is 0 Å². The van der Waals surface area contributed by atoms with Crippen LogP contribution in [0.3, 0.4) is 0 Å². The van der Waals surface area contributed by atoms with Crippen molar-refractivity contribution in [3.05, 3.63) is 41.0 Å². The Bertz CT molecular complexity index is 699. The fourth-order valence-electron chi connectivity index (χ4n) is 1.62. The first-order valence-corrected chi connectivity index (χ1v) is 7.69. The van der Waals surface area contributed by atoms with E-state index in [1.54, 1.807) is 12.1 Å². The molecule has 0 aliphatic carbocycles. The van der Waals surface area contributed by atoms with Crippen LogP contribution < -0.4 is 0 Å². The molecule has 0 fully saturated rings. The lowest BCUT2D eigenvalue weighted by Crippen LogP contribution is -2.11. The first-order chi connectivity index (χ1) is 9.46. The number of nitrogens with zero attached hydrogens (tertiary/aromatic N) is 2. The average Bonchev–Trinajstić information content (AvgIpc) is 2.87. The molecule has 1 aromatic heterocycles. The van der Waals surface area contributed by atoms with E-state index in [2.05, 4.69) is 10.1 Å². The molecule has 0 aliphatic rings. The molecular weight excluding hydrogens is 304 g/mol. The summed E-state index contributed by atoms with van der Waals surface area (Å²) < 4.78 is 34.8. The Balaban J connectivity index is 2.36. The van der Waals surface area contributed by atoms with Crippen LogP contribution in [0.2, 0.25) is 5.02 Å². The zero-order chi connectivity index (χ0) is 14.8. The second kappa shape index (κ2) is 5.90. The number of methoxy groups -OCH3 is 1. The van der Waals surface area contributed by atoms with Gasteiger partial charge in [0.25, 0.3) is 0 Å². The maximum absolute atomic E-state index is 12.5. The van der Waals surface area contributed by atoms with Crippen LogP contribution in [0.4, 0.5) is 0 Å². The SMILES string of the molecule is COCc1noc(C(C)S(=O)(=O)c2ccccc2Cl)n1. The third kappa shape index (κ3) is 2.84. The van der Waals surface area contributed by atoms with E-state index in [1.807, 2.05) is 0 Å². The number of hydrogen-bond donors (Lipinski definition) is 0. The average molecular weight is 317 g/mol. The van der Waals surface area contributed by atoms with Crippen LogP contribution in [-0.2, 0) is 21.2 Å². The molecule has 0 aliphatic heterocycles. The van der Waals surface area contributed by atoms with E-state index in [-0.39, 0.29) is 22.4 Å². The third-order valence-electron chi connectivity index (χ3n) is 2.71. The zero-order valence-corrected chi connectivity index (χ0v) is 12.5. The number of aromatic nitrogens is 2. The van der Waals surface area contributed by atoms with Gasteiger partial charge in [-0.15, -0.1) is 0 Å². The highest BCUT2D eigenvalue weighted by atomic mass is 35.5. The molecule has 2 aromatic rings. The van der Waals surface area contributed by atoms with Crippen LogP contribution in [0.1, 0.15) is 23.9 Å². The van der Waals surface area contributed by atoms with Gasteiger partial charge in [-0.25, -0.2) is 8.42 Å². The number of sulfone groups is 1. The van der Waals surface area contributed by atoms with Crippen molar-refractivity contribution in [1.29, 1.82) is 0 Å². The van der Waals surface area contributed by atoms with Crippen molar-refractivity contribution < 1.29 is 17.7 Å². The summed E-state index contributed by atoms with van der Waals surface area (Å²) in [6.07, 6.45) is 0. The van der Waals surface area contributed by atoms with E-state index in [4.69, 9.17) is 20.9 Å². The van der Waals surface area contributed by atoms with Gasteiger partial charge in [-0.05, 0) is 19.1 Å². The molecule has 0 amide bonds. The van der Waals surface area contributed by atoms with E-state index in [0.29, 0.717) is 5.82 Å². The van der Waals surface area contributed by atoms with Crippen LogP contribution in [0, 0.1) is 0 Å². The summed E-state index contributed by atoms with van der Waals surface area (Å²) >= 11 is 5.93. The molecule has 2 rings (SSSR count). The molecule has 20 heavy (non-hydrogen) atoms. The maximum atomic E-state index is 12.5. The Labute approximate surface area is 121 Å². The predicted molar refractivity (Wildman–Crippen MR) is 72.1 cm³/mol. The number of benzene rings is 1. The van der Waals surface area contributed by atoms with E-state index in [1.165, 1.54) is 26.2 Å². The molecule has 1 aromatic carbocycles. The monoisotopic (exact) mass is 316 g/mol. The summed E-state index contributed by atoms with van der Waals surface area (Å²) in [6.45, 7) is 1.63. The van der Waals surface area contributed by atoms with Gasteiger partial charge in [0.1, 0.15) is 11.9 Å². The summed E-state index contributed by atoms with van der Waals surface area (Å²) in [6, 6.07) is 6.23. The molecule has 0 saturated heterocycles. The second-order valence-corrected chi connectivity index (χ2v) is 6.74. The van der Waals surface area contributed by atoms with E-state index in [9.17, 15) is 8.42 Å². The molecule has 1 unspecified atom stereocenters. The van der Waals surface area contributed by atoms with Crippen molar-refractivity contribution in [3.63, 3.8) is 0 Å². The second-order valence-electron chi connectivity index (χ2n) is 4.10. The summed E-state index contributed by atoms with van der Waals surface area (Å²) in [7, 11) is -2.21. The fraction of sp³-hybridized carbons (Fsp3) is 0.333. The molecular formula is C12H13ClN2O4S. The molecule has 0 bridgehead atoms. The van der Waals surface area contributed by atoms with Gasteiger partial charge in [0.05, 0.1) is 9.92 Å². The van der Waals surface area contributed by atoms with E-state index < -0.39 is 15.1 Å². The van der Waals surface area contributed by atoms with Gasteiger partial charge in [0.2, 0.25) is 5.89 Å². The highest BCUT2D eigenvalue weighted by Crippen LogP contribution is 2.31. The van der Waals surface area contributed by atoms with Crippen LogP contribution in [-0.4, -0.2) is 25.7 Å². The van der Waals surface area contributed by atoms with Crippen molar-refractivity contribution in [3.8, 4) is 0 Å². The predicted octanol–water partition coefficient (Wildman–Crippen LogP) is 2.40. The van der Waals surface area contributed by atoms with E-state index >= 15 is 0 Å². The maximum Gasteiger partial charge on any atom is 0.245 e. The normalized spacial score (nSPS) is 13.3. The molecule has 0 saturated carbocycles. The van der Waals surface area contributed by atoms with Crippen molar-refractivity contribution in [1.82, 2.24) is 10.1 Å². The van der Waals surface area contributed by atoms with Gasteiger partial charge in [0, 0.05) is 7.11 Å². The Hall–Kier alpha value is -1.44. The minimum atomic E-state index is -3.69. The molecule has 1 atom stereocenters. The molecule has 8 heteroatoms. The quantitative estimate of drug-likeness (QED) is 0.842. The smallest absolute Gasteiger partial charge is 0.245 e. The summed E-state index contributed by atoms with van der Waals surface area (Å²) in [4.78, 5) is 4.04. The molecule has 1 heterocycles. The minimum Gasteiger partial charge on any atom is -0.377 e. The Morgan fingerprint density at radius 1 is 1.40 bits per heavy atom. The molecule has 6 nitrogen and oxygen atoms in total. The standard InChI is InChI=1S/C12H13ClN2O4S/c1-8(12-14-11(7-18-2)15-19-12)20(16,17)10-6-4-3-5-9(10)13/h3-6,8H,7H2,1-2H3. The molecule has 108 valence electrons. The highest BCUT2D eigenvalue weighted by Gasteiger charge is 2.31. The van der Waals surface area contributed by atoms with E-state index in [0.717, 1.165) is 0 Å². The van der Waals surface area contributed by atoms with Gasteiger partial charge in [-0.1, -0.05) is 28.9 Å². The Morgan fingerprint density at radius 3 is 2.75 bits per heavy atom. The summed E-state index contributed by atoms with van der Waals surface area (Å²) in [5.41, 5.74) is 0. The Morgan fingerprint density at radius 2 is 2.10 bits per heavy atom. The van der Waals surface area contributed by atoms with Gasteiger partial charge < -0.3 is 9.26 Å². The third-order valence-corrected chi connectivity index (χ3v) is 5.26. The lowest BCUT2D eigenvalue weighted by molar-refractivity contribution is 0.174. The van der Waals surface area contributed by atoms with Gasteiger partial charge in [0.15, 0.2) is 15.7 Å². The van der Waals surface area contributed by atoms with Gasteiger partial charge in [-0.2, -0.15) is 4.98 Å². The van der Waals surface area contributed by atoms with Gasteiger partial charge >= 0.3 is 0 Å².